The van der Waals surface area contributed by atoms with E-state index in [9.17, 15) is 8.78 Å². The highest BCUT2D eigenvalue weighted by Gasteiger charge is 2.23. The molecule has 1 unspecified atom stereocenters. The number of thiazole rings is 1. The zero-order valence-electron chi connectivity index (χ0n) is 15.4. The van der Waals surface area contributed by atoms with Gasteiger partial charge in [-0.15, -0.1) is 11.3 Å². The van der Waals surface area contributed by atoms with E-state index in [1.54, 1.807) is 5.51 Å². The van der Waals surface area contributed by atoms with Gasteiger partial charge in [0.05, 0.1) is 5.51 Å². The van der Waals surface area contributed by atoms with Gasteiger partial charge in [-0.1, -0.05) is 6.08 Å². The van der Waals surface area contributed by atoms with Crippen LogP contribution >= 0.6 is 11.3 Å². The first-order valence-corrected chi connectivity index (χ1v) is 10.3. The van der Waals surface area contributed by atoms with E-state index in [0.717, 1.165) is 31.7 Å². The number of likely N-dealkylation sites (tertiary alicyclic amines) is 1. The van der Waals surface area contributed by atoms with Gasteiger partial charge in [0, 0.05) is 29.6 Å². The van der Waals surface area contributed by atoms with Crippen molar-refractivity contribution in [2.24, 2.45) is 5.73 Å². The zero-order valence-corrected chi connectivity index (χ0v) is 16.3. The molecule has 1 saturated heterocycles. The van der Waals surface area contributed by atoms with Crippen molar-refractivity contribution in [2.75, 3.05) is 18.0 Å². The Balaban J connectivity index is 1.56. The summed E-state index contributed by atoms with van der Waals surface area (Å²) in [7, 11) is 0. The van der Waals surface area contributed by atoms with Gasteiger partial charge in [0.25, 0.3) is 0 Å². The van der Waals surface area contributed by atoms with E-state index < -0.39 is 5.82 Å². The van der Waals surface area contributed by atoms with Crippen LogP contribution in [0.3, 0.4) is 0 Å². The molecule has 1 fully saturated rings. The number of benzene rings is 1. The van der Waals surface area contributed by atoms with Crippen molar-refractivity contribution >= 4 is 17.2 Å². The van der Waals surface area contributed by atoms with Gasteiger partial charge in [-0.3, -0.25) is 9.80 Å². The van der Waals surface area contributed by atoms with Crippen LogP contribution in [-0.4, -0.2) is 29.1 Å². The summed E-state index contributed by atoms with van der Waals surface area (Å²) in [6.45, 7) is 2.44. The molecule has 1 aromatic heterocycles. The fourth-order valence-electron chi connectivity index (χ4n) is 3.67. The van der Waals surface area contributed by atoms with Crippen LogP contribution in [0, 0.1) is 11.6 Å². The Bertz CT molecular complexity index is 875. The summed E-state index contributed by atoms with van der Waals surface area (Å²) >= 11 is 1.47. The number of nitrogens with two attached hydrogens (primary N) is 1. The maximum atomic E-state index is 14.6. The Morgan fingerprint density at radius 3 is 2.64 bits per heavy atom. The third kappa shape index (κ3) is 3.94. The highest BCUT2D eigenvalue weighted by Crippen LogP contribution is 2.25. The quantitative estimate of drug-likeness (QED) is 0.775. The smallest absolute Gasteiger partial charge is 0.146 e. The fourth-order valence-corrected chi connectivity index (χ4v) is 4.20. The maximum Gasteiger partial charge on any atom is 0.146 e. The molecule has 4 rings (SSSR count). The number of anilines is 1. The van der Waals surface area contributed by atoms with Gasteiger partial charge < -0.3 is 11.1 Å². The lowest BCUT2D eigenvalue weighted by Gasteiger charge is -2.32. The third-order valence-corrected chi connectivity index (χ3v) is 5.70. The van der Waals surface area contributed by atoms with E-state index in [4.69, 9.17) is 5.73 Å². The summed E-state index contributed by atoms with van der Waals surface area (Å²) in [5, 5.41) is 5.13. The lowest BCUT2D eigenvalue weighted by atomic mass is 10.1. The van der Waals surface area contributed by atoms with Crippen LogP contribution in [0.25, 0.3) is 0 Å². The van der Waals surface area contributed by atoms with Crippen LogP contribution in [0.5, 0.6) is 0 Å². The van der Waals surface area contributed by atoms with E-state index in [1.165, 1.54) is 23.5 Å². The molecular formula is C20H23F2N5S. The molecule has 0 radical (unpaired) electrons. The summed E-state index contributed by atoms with van der Waals surface area (Å²) in [6.07, 6.45) is 7.39. The normalized spacial score (nSPS) is 19.9. The Morgan fingerprint density at radius 1 is 1.18 bits per heavy atom. The minimum absolute atomic E-state index is 0.166. The average molecular weight is 404 g/mol. The molecule has 1 aromatic carbocycles. The van der Waals surface area contributed by atoms with Gasteiger partial charge in [-0.2, -0.15) is 0 Å². The number of rotatable bonds is 6. The molecule has 0 spiro atoms. The maximum absolute atomic E-state index is 14.6. The molecule has 0 amide bonds. The summed E-state index contributed by atoms with van der Waals surface area (Å²) in [5.74, 6) is 0.657. The van der Waals surface area contributed by atoms with Gasteiger partial charge >= 0.3 is 0 Å². The number of hydrogen-bond acceptors (Lipinski definition) is 6. The number of nitrogens with zero attached hydrogens (tertiary/aromatic N) is 3. The minimum atomic E-state index is -0.403. The standard InChI is InChI=1S/C20H23F2N5S/c21-16-6-7-17(22)15(11-26-8-1-2-9-26)14(16)10-24-19-5-3-4-18(23)27(19)20-12-28-13-25-20/h3-7,12-13,18,24H,1-2,8-11,23H2. The van der Waals surface area contributed by atoms with Gasteiger partial charge in [-0.25, -0.2) is 13.8 Å². The molecule has 2 aromatic rings. The first kappa shape index (κ1) is 19.0. The van der Waals surface area contributed by atoms with E-state index in [1.807, 2.05) is 28.5 Å². The molecule has 3 heterocycles. The number of aromatic nitrogens is 1. The minimum Gasteiger partial charge on any atom is -0.367 e. The molecule has 0 saturated carbocycles. The average Bonchev–Trinajstić information content (AvgIpc) is 3.38. The molecular weight excluding hydrogens is 380 g/mol. The third-order valence-electron chi connectivity index (χ3n) is 5.13. The van der Waals surface area contributed by atoms with Crippen molar-refractivity contribution in [2.45, 2.75) is 32.1 Å². The lowest BCUT2D eigenvalue weighted by Crippen LogP contribution is -2.45. The molecule has 3 N–H and O–H groups in total. The molecule has 2 aliphatic heterocycles. The number of halogens is 2. The van der Waals surface area contributed by atoms with Crippen LogP contribution in [0.1, 0.15) is 24.0 Å². The lowest BCUT2D eigenvalue weighted by molar-refractivity contribution is 0.322. The second-order valence-corrected chi connectivity index (χ2v) is 7.69. The van der Waals surface area contributed by atoms with Crippen LogP contribution in [0.2, 0.25) is 0 Å². The van der Waals surface area contributed by atoms with E-state index >= 15 is 0 Å². The highest BCUT2D eigenvalue weighted by molar-refractivity contribution is 7.07. The number of hydrogen-bond donors (Lipinski definition) is 2. The molecule has 8 heteroatoms. The largest absolute Gasteiger partial charge is 0.367 e. The van der Waals surface area contributed by atoms with Crippen LogP contribution < -0.4 is 16.0 Å². The molecule has 1 atom stereocenters. The molecule has 0 aliphatic carbocycles. The highest BCUT2D eigenvalue weighted by atomic mass is 32.1. The second-order valence-electron chi connectivity index (χ2n) is 6.97. The summed E-state index contributed by atoms with van der Waals surface area (Å²) in [5.41, 5.74) is 8.72. The predicted octanol–water partition coefficient (Wildman–Crippen LogP) is 3.31. The summed E-state index contributed by atoms with van der Waals surface area (Å²) in [4.78, 5) is 8.33. The Hall–Kier alpha value is -2.29. The monoisotopic (exact) mass is 403 g/mol. The van der Waals surface area contributed by atoms with Crippen LogP contribution in [0.15, 0.2) is 47.1 Å². The van der Waals surface area contributed by atoms with Gasteiger partial charge in [-0.05, 0) is 50.2 Å². The van der Waals surface area contributed by atoms with Crippen LogP contribution in [-0.2, 0) is 13.1 Å². The van der Waals surface area contributed by atoms with Crippen molar-refractivity contribution in [3.8, 4) is 0 Å². The number of nitrogens with one attached hydrogen (secondary N) is 1. The van der Waals surface area contributed by atoms with E-state index in [-0.39, 0.29) is 18.5 Å². The number of allylic oxidation sites excluding steroid dienone is 2. The van der Waals surface area contributed by atoms with Gasteiger partial charge in [0.1, 0.15) is 29.4 Å². The van der Waals surface area contributed by atoms with E-state index in [0.29, 0.717) is 23.5 Å². The first-order valence-electron chi connectivity index (χ1n) is 9.37. The van der Waals surface area contributed by atoms with Crippen molar-refractivity contribution in [3.63, 3.8) is 0 Å². The molecule has 2 aliphatic rings. The second kappa shape index (κ2) is 8.38. The van der Waals surface area contributed by atoms with Crippen LogP contribution in [0.4, 0.5) is 14.6 Å². The molecule has 5 nitrogen and oxygen atoms in total. The first-order chi connectivity index (χ1) is 13.6. The van der Waals surface area contributed by atoms with Crippen molar-refractivity contribution < 1.29 is 8.78 Å². The van der Waals surface area contributed by atoms with Crippen molar-refractivity contribution in [1.29, 1.82) is 0 Å². The Kier molecular flexibility index (Phi) is 5.70. The van der Waals surface area contributed by atoms with Gasteiger partial charge in [0.15, 0.2) is 0 Å². The van der Waals surface area contributed by atoms with Crippen molar-refractivity contribution in [1.82, 2.24) is 15.2 Å². The Labute approximate surface area is 167 Å². The van der Waals surface area contributed by atoms with E-state index in [2.05, 4.69) is 15.2 Å². The fraction of sp³-hybridized carbons (Fsp3) is 0.350. The van der Waals surface area contributed by atoms with Gasteiger partial charge in [0.2, 0.25) is 0 Å². The zero-order chi connectivity index (χ0) is 19.5. The van der Waals surface area contributed by atoms with Crippen molar-refractivity contribution in [3.05, 3.63) is 69.8 Å². The SMILES string of the molecule is NC1C=CC=C(NCc2c(F)ccc(F)c2CN2CCCC2)N1c1cscn1. The Morgan fingerprint density at radius 2 is 1.93 bits per heavy atom. The molecule has 0 bridgehead atoms. The predicted molar refractivity (Wildman–Crippen MR) is 108 cm³/mol. The molecule has 28 heavy (non-hydrogen) atoms. The molecule has 148 valence electrons. The summed E-state index contributed by atoms with van der Waals surface area (Å²) in [6, 6.07) is 2.41. The summed E-state index contributed by atoms with van der Waals surface area (Å²) < 4.78 is 29.1. The topological polar surface area (TPSA) is 57.4 Å².